The molecule has 3 rings (SSSR count). The molecule has 156 valence electrons. The Hall–Kier alpha value is -1.39. The summed E-state index contributed by atoms with van der Waals surface area (Å²) < 4.78 is 11.2. The molecular formula is C19H31BN2O6. The van der Waals surface area contributed by atoms with E-state index in [2.05, 4.69) is 5.32 Å². The molecule has 3 atom stereocenters. The average Bonchev–Trinajstić information content (AvgIpc) is 3.11. The van der Waals surface area contributed by atoms with Gasteiger partial charge in [-0.1, -0.05) is 13.0 Å². The third kappa shape index (κ3) is 5.81. The number of likely N-dealkylation sites (tertiary alicyclic amines) is 1. The van der Waals surface area contributed by atoms with Crippen LogP contribution in [-0.4, -0.2) is 77.8 Å². The van der Waals surface area contributed by atoms with Gasteiger partial charge in [0.25, 0.3) is 0 Å². The molecule has 0 aromatic carbocycles. The van der Waals surface area contributed by atoms with Gasteiger partial charge in [0.2, 0.25) is 0 Å². The first-order chi connectivity index (χ1) is 13.4. The van der Waals surface area contributed by atoms with E-state index >= 15 is 0 Å². The fourth-order valence-corrected chi connectivity index (χ4v) is 3.79. The van der Waals surface area contributed by atoms with Gasteiger partial charge >= 0.3 is 13.1 Å². The van der Waals surface area contributed by atoms with Crippen molar-refractivity contribution >= 4 is 13.1 Å². The maximum Gasteiger partial charge on any atom is 0.454 e. The van der Waals surface area contributed by atoms with E-state index in [1.165, 1.54) is 0 Å². The van der Waals surface area contributed by atoms with Gasteiger partial charge in [-0.05, 0) is 44.1 Å². The van der Waals surface area contributed by atoms with Crippen LogP contribution in [0.25, 0.3) is 0 Å². The molecule has 0 bridgehead atoms. The molecular weight excluding hydrogens is 363 g/mol. The van der Waals surface area contributed by atoms with Crippen molar-refractivity contribution < 1.29 is 29.4 Å². The third-order valence-corrected chi connectivity index (χ3v) is 5.67. The highest BCUT2D eigenvalue weighted by atomic mass is 16.5. The minimum absolute atomic E-state index is 0.00134. The van der Waals surface area contributed by atoms with Crippen LogP contribution in [0, 0.1) is 5.92 Å². The molecule has 0 amide bonds. The van der Waals surface area contributed by atoms with Gasteiger partial charge in [-0.3, -0.25) is 4.90 Å². The number of aliphatic hydroxyl groups excluding tert-OH is 1. The largest absolute Gasteiger partial charge is 0.487 e. The normalized spacial score (nSPS) is 32.6. The van der Waals surface area contributed by atoms with Gasteiger partial charge in [0.15, 0.2) is 0 Å². The zero-order chi connectivity index (χ0) is 20.1. The zero-order valence-corrected chi connectivity index (χ0v) is 16.4. The standard InChI is InChI=1S/C19H31BN2O6/c1-13-4-5-17(16(19(24)25)12-27-20(26)7-6-13)28-15-10-22(11-15)18(23)9-14-3-2-8-21-14/h4-5,13-15,18,21,23,26H,2-3,6-12H2,1H3,(H,24,25)/b5-4-,17-16-. The molecule has 0 aromatic rings. The zero-order valence-electron chi connectivity index (χ0n) is 16.4. The molecule has 0 aliphatic carbocycles. The molecule has 2 fully saturated rings. The molecule has 0 aromatic heterocycles. The fraction of sp³-hybridized carbons (Fsp3) is 0.737. The summed E-state index contributed by atoms with van der Waals surface area (Å²) in [7, 11) is -0.983. The lowest BCUT2D eigenvalue weighted by atomic mass is 9.80. The van der Waals surface area contributed by atoms with Gasteiger partial charge in [0.05, 0.1) is 6.61 Å². The highest BCUT2D eigenvalue weighted by Crippen LogP contribution is 2.24. The van der Waals surface area contributed by atoms with Crippen LogP contribution in [0.15, 0.2) is 23.5 Å². The van der Waals surface area contributed by atoms with E-state index in [0.717, 1.165) is 25.8 Å². The molecule has 2 saturated heterocycles. The van der Waals surface area contributed by atoms with E-state index < -0.39 is 19.3 Å². The number of carboxylic acids is 1. The smallest absolute Gasteiger partial charge is 0.454 e. The van der Waals surface area contributed by atoms with Crippen molar-refractivity contribution in [3.05, 3.63) is 23.5 Å². The third-order valence-electron chi connectivity index (χ3n) is 5.67. The number of carboxylic acid groups (broad SMARTS) is 1. The highest BCUT2D eigenvalue weighted by molar-refractivity contribution is 6.42. The molecule has 0 radical (unpaired) electrons. The topological polar surface area (TPSA) is 111 Å². The quantitative estimate of drug-likeness (QED) is 0.484. The summed E-state index contributed by atoms with van der Waals surface area (Å²) in [6.07, 6.45) is 7.06. The molecule has 3 aliphatic heterocycles. The monoisotopic (exact) mass is 394 g/mol. The first-order valence-corrected chi connectivity index (χ1v) is 10.2. The van der Waals surface area contributed by atoms with E-state index in [0.29, 0.717) is 31.9 Å². The summed E-state index contributed by atoms with van der Waals surface area (Å²) in [5.74, 6) is -0.683. The maximum atomic E-state index is 11.7. The SMILES string of the molecule is CC1/C=C\C(OC2CN(C(O)CC3CCCN3)C2)=C(\C(=O)O)COB(O)CC1. The maximum absolute atomic E-state index is 11.7. The molecule has 3 unspecified atom stereocenters. The van der Waals surface area contributed by atoms with Crippen molar-refractivity contribution in [2.45, 2.75) is 57.3 Å². The van der Waals surface area contributed by atoms with Gasteiger partial charge in [-0.15, -0.1) is 0 Å². The summed E-state index contributed by atoms with van der Waals surface area (Å²) >= 11 is 0. The molecule has 0 spiro atoms. The van der Waals surface area contributed by atoms with Crippen LogP contribution in [0.3, 0.4) is 0 Å². The Morgan fingerprint density at radius 3 is 2.93 bits per heavy atom. The number of nitrogens with one attached hydrogen (secondary N) is 1. The van der Waals surface area contributed by atoms with E-state index in [9.17, 15) is 20.0 Å². The minimum atomic E-state index is -1.12. The second-order valence-corrected chi connectivity index (χ2v) is 8.03. The van der Waals surface area contributed by atoms with E-state index in [-0.39, 0.29) is 30.0 Å². The minimum Gasteiger partial charge on any atom is -0.487 e. The number of hydrogen-bond donors (Lipinski definition) is 4. The van der Waals surface area contributed by atoms with Crippen molar-refractivity contribution in [2.75, 3.05) is 26.2 Å². The Morgan fingerprint density at radius 1 is 1.46 bits per heavy atom. The first kappa shape index (κ1) is 21.3. The van der Waals surface area contributed by atoms with Gasteiger partial charge in [-0.2, -0.15) is 0 Å². The van der Waals surface area contributed by atoms with Crippen molar-refractivity contribution in [1.82, 2.24) is 10.2 Å². The van der Waals surface area contributed by atoms with Crippen LogP contribution in [0.5, 0.6) is 0 Å². The summed E-state index contributed by atoms with van der Waals surface area (Å²) in [5.41, 5.74) is -0.00134. The van der Waals surface area contributed by atoms with Crippen LogP contribution in [0.1, 0.15) is 32.6 Å². The molecule has 4 N–H and O–H groups in total. The number of aliphatic hydroxyl groups is 1. The Kier molecular flexibility index (Phi) is 7.53. The Morgan fingerprint density at radius 2 is 2.25 bits per heavy atom. The van der Waals surface area contributed by atoms with Crippen LogP contribution >= 0.6 is 0 Å². The first-order valence-electron chi connectivity index (χ1n) is 10.2. The summed E-state index contributed by atoms with van der Waals surface area (Å²) in [6, 6.07) is 0.363. The average molecular weight is 394 g/mol. The second-order valence-electron chi connectivity index (χ2n) is 8.03. The molecule has 0 saturated carbocycles. The number of rotatable bonds is 6. The lowest BCUT2D eigenvalue weighted by Gasteiger charge is -2.42. The van der Waals surface area contributed by atoms with Gasteiger partial charge in [0.1, 0.15) is 23.7 Å². The van der Waals surface area contributed by atoms with Crippen molar-refractivity contribution in [3.63, 3.8) is 0 Å². The predicted octanol–water partition coefficient (Wildman–Crippen LogP) is 0.579. The van der Waals surface area contributed by atoms with Gasteiger partial charge in [-0.25, -0.2) is 4.79 Å². The lowest BCUT2D eigenvalue weighted by Crippen LogP contribution is -2.57. The van der Waals surface area contributed by atoms with E-state index in [4.69, 9.17) is 9.39 Å². The highest BCUT2D eigenvalue weighted by Gasteiger charge is 2.35. The molecule has 28 heavy (non-hydrogen) atoms. The Balaban J connectivity index is 1.59. The van der Waals surface area contributed by atoms with Crippen molar-refractivity contribution in [1.29, 1.82) is 0 Å². The van der Waals surface area contributed by atoms with Gasteiger partial charge < -0.3 is 29.9 Å². The van der Waals surface area contributed by atoms with Gasteiger partial charge in [0, 0.05) is 25.6 Å². The lowest BCUT2D eigenvalue weighted by molar-refractivity contribution is -0.134. The predicted molar refractivity (Wildman–Crippen MR) is 104 cm³/mol. The fourth-order valence-electron chi connectivity index (χ4n) is 3.79. The summed E-state index contributed by atoms with van der Waals surface area (Å²) in [5, 5.41) is 33.2. The number of allylic oxidation sites excluding steroid dienone is 2. The molecule has 3 aliphatic rings. The summed E-state index contributed by atoms with van der Waals surface area (Å²) in [4.78, 5) is 13.6. The number of nitrogens with zero attached hydrogens (tertiary/aromatic N) is 1. The molecule has 9 heteroatoms. The number of hydrogen-bond acceptors (Lipinski definition) is 7. The van der Waals surface area contributed by atoms with E-state index in [1.54, 1.807) is 6.08 Å². The summed E-state index contributed by atoms with van der Waals surface area (Å²) in [6.45, 7) is 3.91. The number of aliphatic carboxylic acids is 1. The second kappa shape index (κ2) is 9.89. The van der Waals surface area contributed by atoms with Crippen LogP contribution in [0.2, 0.25) is 6.32 Å². The molecule has 3 heterocycles. The van der Waals surface area contributed by atoms with E-state index in [1.807, 2.05) is 17.9 Å². The molecule has 8 nitrogen and oxygen atoms in total. The van der Waals surface area contributed by atoms with Crippen LogP contribution in [0.4, 0.5) is 0 Å². The number of carbonyl (C=O) groups is 1. The number of ether oxygens (including phenoxy) is 1. The Bertz CT molecular complexity index is 601. The van der Waals surface area contributed by atoms with Crippen molar-refractivity contribution in [2.24, 2.45) is 5.92 Å². The van der Waals surface area contributed by atoms with Crippen molar-refractivity contribution in [3.8, 4) is 0 Å². The Labute approximate surface area is 166 Å². The van der Waals surface area contributed by atoms with Crippen LogP contribution in [-0.2, 0) is 14.2 Å². The van der Waals surface area contributed by atoms with Crippen LogP contribution < -0.4 is 5.32 Å².